The van der Waals surface area contributed by atoms with Crippen LogP contribution in [0.25, 0.3) is 0 Å². The molecule has 4 rings (SSSR count). The number of rotatable bonds is 3. The van der Waals surface area contributed by atoms with E-state index < -0.39 is 0 Å². The van der Waals surface area contributed by atoms with Crippen LogP contribution in [0, 0.1) is 11.3 Å². The number of hydrogen-bond acceptors (Lipinski definition) is 2. The van der Waals surface area contributed by atoms with Crippen LogP contribution in [0.15, 0.2) is 30.3 Å². The number of carbonyl (C=O) groups is 2. The van der Waals surface area contributed by atoms with Crippen molar-refractivity contribution in [2.75, 3.05) is 0 Å². The Kier molecular flexibility index (Phi) is 5.15. The third-order valence-electron chi connectivity index (χ3n) is 7.08. The molecule has 0 bridgehead atoms. The van der Waals surface area contributed by atoms with Crippen molar-refractivity contribution in [3.8, 4) is 0 Å². The first kappa shape index (κ1) is 17.8. The molecule has 3 heteroatoms. The molecule has 0 radical (unpaired) electrons. The van der Waals surface area contributed by atoms with Crippen LogP contribution in [0.4, 0.5) is 0 Å². The molecule has 1 aromatic rings. The fourth-order valence-corrected chi connectivity index (χ4v) is 5.74. The molecule has 2 amide bonds. The molecule has 2 saturated carbocycles. The standard InChI is InChI=1S/C23H31NO2/c25-21-12-11-20(16-18-8-3-1-4-9-18)24(21)22(26)19-10-7-15-23(17-19)13-5-2-6-14-23/h1,3-4,8-9,19-20H,2,5-7,10-17H2/t19?,20-/m0/s1. The normalized spacial score (nSPS) is 28.5. The molecule has 3 fully saturated rings. The lowest BCUT2D eigenvalue weighted by molar-refractivity contribution is -0.148. The predicted octanol–water partition coefficient (Wildman–Crippen LogP) is 4.89. The first-order valence-corrected chi connectivity index (χ1v) is 10.6. The summed E-state index contributed by atoms with van der Waals surface area (Å²) < 4.78 is 0. The first-order valence-electron chi connectivity index (χ1n) is 10.6. The largest absolute Gasteiger partial charge is 0.279 e. The molecule has 26 heavy (non-hydrogen) atoms. The van der Waals surface area contributed by atoms with Gasteiger partial charge in [-0.1, -0.05) is 56.0 Å². The Balaban J connectivity index is 1.47. The molecule has 2 atom stereocenters. The second-order valence-corrected chi connectivity index (χ2v) is 8.84. The quantitative estimate of drug-likeness (QED) is 0.726. The number of amides is 2. The van der Waals surface area contributed by atoms with Gasteiger partial charge in [-0.05, 0) is 55.9 Å². The molecule has 140 valence electrons. The van der Waals surface area contributed by atoms with E-state index in [2.05, 4.69) is 12.1 Å². The topological polar surface area (TPSA) is 37.4 Å². The summed E-state index contributed by atoms with van der Waals surface area (Å²) in [6.45, 7) is 0. The predicted molar refractivity (Wildman–Crippen MR) is 102 cm³/mol. The van der Waals surface area contributed by atoms with Crippen molar-refractivity contribution < 1.29 is 9.59 Å². The van der Waals surface area contributed by atoms with Crippen molar-refractivity contribution in [3.63, 3.8) is 0 Å². The van der Waals surface area contributed by atoms with E-state index in [1.807, 2.05) is 18.2 Å². The van der Waals surface area contributed by atoms with Crippen molar-refractivity contribution >= 4 is 11.8 Å². The van der Waals surface area contributed by atoms with Gasteiger partial charge in [-0.3, -0.25) is 14.5 Å². The van der Waals surface area contributed by atoms with E-state index >= 15 is 0 Å². The van der Waals surface area contributed by atoms with Crippen molar-refractivity contribution in [2.24, 2.45) is 11.3 Å². The average Bonchev–Trinajstić information content (AvgIpc) is 3.03. The van der Waals surface area contributed by atoms with Crippen LogP contribution >= 0.6 is 0 Å². The average molecular weight is 354 g/mol. The molecule has 1 spiro atoms. The molecule has 1 unspecified atom stereocenters. The zero-order valence-corrected chi connectivity index (χ0v) is 15.8. The van der Waals surface area contributed by atoms with E-state index in [1.54, 1.807) is 4.90 Å². The van der Waals surface area contributed by atoms with Gasteiger partial charge in [-0.25, -0.2) is 0 Å². The van der Waals surface area contributed by atoms with Crippen molar-refractivity contribution in [2.45, 2.75) is 83.1 Å². The van der Waals surface area contributed by atoms with Crippen LogP contribution in [-0.2, 0) is 16.0 Å². The third-order valence-corrected chi connectivity index (χ3v) is 7.08. The summed E-state index contributed by atoms with van der Waals surface area (Å²) in [5.41, 5.74) is 1.62. The van der Waals surface area contributed by atoms with Gasteiger partial charge in [-0.15, -0.1) is 0 Å². The lowest BCUT2D eigenvalue weighted by Gasteiger charge is -2.44. The number of likely N-dealkylation sites (tertiary alicyclic amines) is 1. The molecule has 0 N–H and O–H groups in total. The Morgan fingerprint density at radius 3 is 2.50 bits per heavy atom. The van der Waals surface area contributed by atoms with Crippen LogP contribution in [0.3, 0.4) is 0 Å². The van der Waals surface area contributed by atoms with Gasteiger partial charge in [0.1, 0.15) is 0 Å². The van der Waals surface area contributed by atoms with Gasteiger partial charge in [0.25, 0.3) is 0 Å². The van der Waals surface area contributed by atoms with Crippen molar-refractivity contribution in [1.29, 1.82) is 0 Å². The summed E-state index contributed by atoms with van der Waals surface area (Å²) in [5, 5.41) is 0. The highest BCUT2D eigenvalue weighted by Crippen LogP contribution is 2.49. The van der Waals surface area contributed by atoms with Crippen LogP contribution < -0.4 is 0 Å². The van der Waals surface area contributed by atoms with Gasteiger partial charge in [0.05, 0.1) is 0 Å². The maximum atomic E-state index is 13.3. The molecule has 1 saturated heterocycles. The van der Waals surface area contributed by atoms with Crippen LogP contribution in [0.5, 0.6) is 0 Å². The fraction of sp³-hybridized carbons (Fsp3) is 0.652. The van der Waals surface area contributed by atoms with Gasteiger partial charge in [0.2, 0.25) is 11.8 Å². The minimum absolute atomic E-state index is 0.0548. The van der Waals surface area contributed by atoms with Gasteiger partial charge in [-0.2, -0.15) is 0 Å². The van der Waals surface area contributed by atoms with Crippen LogP contribution in [0.2, 0.25) is 0 Å². The molecular weight excluding hydrogens is 322 g/mol. The number of nitrogens with zero attached hydrogens (tertiary/aromatic N) is 1. The maximum Gasteiger partial charge on any atom is 0.232 e. The highest BCUT2D eigenvalue weighted by molar-refractivity contribution is 5.98. The summed E-state index contributed by atoms with van der Waals surface area (Å²) in [7, 11) is 0. The lowest BCUT2D eigenvalue weighted by Crippen LogP contribution is -2.46. The van der Waals surface area contributed by atoms with Crippen molar-refractivity contribution in [1.82, 2.24) is 4.90 Å². The fourth-order valence-electron chi connectivity index (χ4n) is 5.74. The van der Waals surface area contributed by atoms with Gasteiger partial charge in [0.15, 0.2) is 0 Å². The van der Waals surface area contributed by atoms with E-state index in [4.69, 9.17) is 0 Å². The Bertz CT molecular complexity index is 642. The third kappa shape index (κ3) is 3.58. The molecule has 3 nitrogen and oxygen atoms in total. The zero-order chi connectivity index (χ0) is 18.0. The molecule has 1 aliphatic heterocycles. The molecule has 0 aromatic heterocycles. The van der Waals surface area contributed by atoms with E-state index in [0.717, 1.165) is 32.1 Å². The summed E-state index contributed by atoms with van der Waals surface area (Å²) >= 11 is 0. The Hall–Kier alpha value is -1.64. The number of carbonyl (C=O) groups excluding carboxylic acids is 2. The van der Waals surface area contributed by atoms with Gasteiger partial charge in [0, 0.05) is 18.4 Å². The Labute approximate surface area is 157 Å². The Morgan fingerprint density at radius 2 is 1.73 bits per heavy atom. The zero-order valence-electron chi connectivity index (χ0n) is 15.8. The van der Waals surface area contributed by atoms with Crippen molar-refractivity contribution in [3.05, 3.63) is 35.9 Å². The van der Waals surface area contributed by atoms with Crippen LogP contribution in [-0.4, -0.2) is 22.8 Å². The second kappa shape index (κ2) is 7.54. The van der Waals surface area contributed by atoms with E-state index in [-0.39, 0.29) is 23.8 Å². The smallest absolute Gasteiger partial charge is 0.232 e. The van der Waals surface area contributed by atoms with Gasteiger partial charge < -0.3 is 0 Å². The number of benzene rings is 1. The minimum atomic E-state index is 0.0548. The lowest BCUT2D eigenvalue weighted by atomic mass is 9.62. The molecular formula is C23H31NO2. The first-order chi connectivity index (χ1) is 12.7. The van der Waals surface area contributed by atoms with Gasteiger partial charge >= 0.3 is 0 Å². The van der Waals surface area contributed by atoms with E-state index in [1.165, 1.54) is 44.1 Å². The molecule has 1 aromatic carbocycles. The summed E-state index contributed by atoms with van der Waals surface area (Å²) in [6, 6.07) is 10.3. The Morgan fingerprint density at radius 1 is 1.00 bits per heavy atom. The van der Waals surface area contributed by atoms with E-state index in [9.17, 15) is 9.59 Å². The molecule has 3 aliphatic rings. The highest BCUT2D eigenvalue weighted by Gasteiger charge is 2.44. The maximum absolute atomic E-state index is 13.3. The molecule has 2 aliphatic carbocycles. The summed E-state index contributed by atoms with van der Waals surface area (Å²) in [6.07, 6.45) is 13.2. The monoisotopic (exact) mass is 353 g/mol. The second-order valence-electron chi connectivity index (χ2n) is 8.84. The summed E-state index contributed by atoms with van der Waals surface area (Å²) in [4.78, 5) is 27.5. The number of imide groups is 1. The highest BCUT2D eigenvalue weighted by atomic mass is 16.2. The molecule has 1 heterocycles. The summed E-state index contributed by atoms with van der Waals surface area (Å²) in [5.74, 6) is 0.263. The number of hydrogen-bond donors (Lipinski definition) is 0. The van der Waals surface area contributed by atoms with Crippen LogP contribution in [0.1, 0.15) is 76.2 Å². The SMILES string of the molecule is O=C1CC[C@@H](Cc2ccccc2)N1C(=O)C1CCCC2(CCCCC2)C1. The minimum Gasteiger partial charge on any atom is -0.279 e. The van der Waals surface area contributed by atoms with E-state index in [0.29, 0.717) is 11.8 Å².